The zero-order chi connectivity index (χ0) is 12.3. The largest absolute Gasteiger partial charge is 0.310 e. The molecule has 1 fully saturated rings. The van der Waals surface area contributed by atoms with E-state index in [1.54, 1.807) is 0 Å². The van der Waals surface area contributed by atoms with Crippen molar-refractivity contribution in [2.45, 2.75) is 33.2 Å². The van der Waals surface area contributed by atoms with Gasteiger partial charge in [-0.3, -0.25) is 0 Å². The van der Waals surface area contributed by atoms with Gasteiger partial charge in [-0.1, -0.05) is 17.2 Å². The van der Waals surface area contributed by atoms with Gasteiger partial charge in [0.2, 0.25) is 0 Å². The van der Waals surface area contributed by atoms with Crippen molar-refractivity contribution in [1.29, 1.82) is 0 Å². The van der Waals surface area contributed by atoms with Crippen LogP contribution < -0.4 is 5.32 Å². The van der Waals surface area contributed by atoms with Crippen LogP contribution in [0.15, 0.2) is 4.63 Å². The molecule has 1 aromatic rings. The highest BCUT2D eigenvalue weighted by Crippen LogP contribution is 2.29. The Labute approximate surface area is 103 Å². The van der Waals surface area contributed by atoms with E-state index in [0.29, 0.717) is 5.41 Å². The molecule has 17 heavy (non-hydrogen) atoms. The lowest BCUT2D eigenvalue weighted by Gasteiger charge is -2.38. The van der Waals surface area contributed by atoms with Gasteiger partial charge in [-0.15, -0.1) is 0 Å². The van der Waals surface area contributed by atoms with Crippen LogP contribution in [-0.4, -0.2) is 41.9 Å². The SMILES string of the molecule is Cc1nonc1CNCC1(C)CCN(C)CC1. The highest BCUT2D eigenvalue weighted by molar-refractivity contribution is 5.03. The van der Waals surface area contributed by atoms with E-state index in [9.17, 15) is 0 Å². The van der Waals surface area contributed by atoms with Crippen LogP contribution in [-0.2, 0) is 6.54 Å². The Balaban J connectivity index is 1.76. The molecule has 5 heteroatoms. The average molecular weight is 238 g/mol. The zero-order valence-electron chi connectivity index (χ0n) is 11.0. The van der Waals surface area contributed by atoms with Crippen molar-refractivity contribution in [2.75, 3.05) is 26.7 Å². The lowest BCUT2D eigenvalue weighted by atomic mass is 9.80. The van der Waals surface area contributed by atoms with Gasteiger partial charge >= 0.3 is 0 Å². The van der Waals surface area contributed by atoms with Crippen molar-refractivity contribution >= 4 is 0 Å². The van der Waals surface area contributed by atoms with Crippen LogP contribution in [0.25, 0.3) is 0 Å². The number of hydrogen-bond donors (Lipinski definition) is 1. The first-order valence-corrected chi connectivity index (χ1v) is 6.26. The predicted molar refractivity (Wildman–Crippen MR) is 65.6 cm³/mol. The first-order chi connectivity index (χ1) is 8.09. The first-order valence-electron chi connectivity index (χ1n) is 6.26. The molecule has 0 unspecified atom stereocenters. The molecule has 1 aromatic heterocycles. The number of hydrogen-bond acceptors (Lipinski definition) is 5. The summed E-state index contributed by atoms with van der Waals surface area (Å²) in [5.74, 6) is 0. The van der Waals surface area contributed by atoms with E-state index < -0.39 is 0 Å². The van der Waals surface area contributed by atoms with Gasteiger partial charge in [0.15, 0.2) is 0 Å². The monoisotopic (exact) mass is 238 g/mol. The second-order valence-corrected chi connectivity index (χ2v) is 5.51. The molecule has 0 atom stereocenters. The van der Waals surface area contributed by atoms with E-state index in [0.717, 1.165) is 24.5 Å². The molecule has 96 valence electrons. The van der Waals surface area contributed by atoms with Crippen LogP contribution in [0.5, 0.6) is 0 Å². The quantitative estimate of drug-likeness (QED) is 0.854. The molecular formula is C12H22N4O. The molecule has 0 amide bonds. The maximum absolute atomic E-state index is 4.68. The molecule has 0 aliphatic carbocycles. The van der Waals surface area contributed by atoms with Gasteiger partial charge in [0, 0.05) is 13.1 Å². The van der Waals surface area contributed by atoms with E-state index in [2.05, 4.69) is 39.1 Å². The van der Waals surface area contributed by atoms with Crippen molar-refractivity contribution in [3.05, 3.63) is 11.4 Å². The van der Waals surface area contributed by atoms with Gasteiger partial charge in [-0.05, 0) is 45.3 Å². The second kappa shape index (κ2) is 5.14. The number of likely N-dealkylation sites (tertiary alicyclic amines) is 1. The van der Waals surface area contributed by atoms with Gasteiger partial charge in [0.05, 0.1) is 0 Å². The summed E-state index contributed by atoms with van der Waals surface area (Å²) in [6.45, 7) is 8.46. The van der Waals surface area contributed by atoms with Gasteiger partial charge < -0.3 is 10.2 Å². The number of nitrogens with zero attached hydrogens (tertiary/aromatic N) is 3. The molecule has 2 heterocycles. The molecule has 0 saturated carbocycles. The second-order valence-electron chi connectivity index (χ2n) is 5.51. The molecule has 0 bridgehead atoms. The lowest BCUT2D eigenvalue weighted by Crippen LogP contribution is -2.41. The molecule has 0 spiro atoms. The van der Waals surface area contributed by atoms with E-state index >= 15 is 0 Å². The summed E-state index contributed by atoms with van der Waals surface area (Å²) in [6.07, 6.45) is 2.51. The number of nitrogens with one attached hydrogen (secondary N) is 1. The van der Waals surface area contributed by atoms with Crippen LogP contribution >= 0.6 is 0 Å². The third-order valence-electron chi connectivity index (χ3n) is 3.78. The Morgan fingerprint density at radius 3 is 2.65 bits per heavy atom. The molecule has 1 saturated heterocycles. The number of rotatable bonds is 4. The highest BCUT2D eigenvalue weighted by atomic mass is 16.6. The topological polar surface area (TPSA) is 54.2 Å². The smallest absolute Gasteiger partial charge is 0.121 e. The van der Waals surface area contributed by atoms with E-state index in [1.807, 2.05) is 6.92 Å². The third-order valence-corrected chi connectivity index (χ3v) is 3.78. The van der Waals surface area contributed by atoms with E-state index in [1.165, 1.54) is 25.9 Å². The standard InChI is InChI=1S/C12H22N4O/c1-10-11(15-17-14-10)8-13-9-12(2)4-6-16(3)7-5-12/h13H,4-9H2,1-3H3. The molecule has 1 aliphatic rings. The van der Waals surface area contributed by atoms with Crippen LogP contribution in [0, 0.1) is 12.3 Å². The van der Waals surface area contributed by atoms with Crippen LogP contribution in [0.4, 0.5) is 0 Å². The summed E-state index contributed by atoms with van der Waals surface area (Å²) < 4.78 is 4.68. The van der Waals surface area contributed by atoms with E-state index in [4.69, 9.17) is 0 Å². The normalized spacial score (nSPS) is 20.6. The van der Waals surface area contributed by atoms with E-state index in [-0.39, 0.29) is 0 Å². The summed E-state index contributed by atoms with van der Waals surface area (Å²) in [6, 6.07) is 0. The molecule has 5 nitrogen and oxygen atoms in total. The molecule has 2 rings (SSSR count). The van der Waals surface area contributed by atoms with Crippen molar-refractivity contribution < 1.29 is 4.63 Å². The van der Waals surface area contributed by atoms with Gasteiger partial charge in [0.25, 0.3) is 0 Å². The summed E-state index contributed by atoms with van der Waals surface area (Å²) in [4.78, 5) is 2.40. The van der Waals surface area contributed by atoms with Gasteiger partial charge in [-0.25, -0.2) is 4.63 Å². The summed E-state index contributed by atoms with van der Waals surface area (Å²) >= 11 is 0. The average Bonchev–Trinajstić information content (AvgIpc) is 2.70. The lowest BCUT2D eigenvalue weighted by molar-refractivity contribution is 0.136. The first kappa shape index (κ1) is 12.5. The maximum Gasteiger partial charge on any atom is 0.121 e. The Morgan fingerprint density at radius 2 is 2.06 bits per heavy atom. The maximum atomic E-state index is 4.68. The Kier molecular flexibility index (Phi) is 3.79. The fourth-order valence-electron chi connectivity index (χ4n) is 2.23. The van der Waals surface area contributed by atoms with Gasteiger partial charge in [0.1, 0.15) is 11.4 Å². The Morgan fingerprint density at radius 1 is 1.35 bits per heavy atom. The van der Waals surface area contributed by atoms with Crippen molar-refractivity contribution in [2.24, 2.45) is 5.41 Å². The predicted octanol–water partition coefficient (Wildman–Crippen LogP) is 1.20. The van der Waals surface area contributed by atoms with Crippen LogP contribution in [0.2, 0.25) is 0 Å². The van der Waals surface area contributed by atoms with Crippen LogP contribution in [0.1, 0.15) is 31.2 Å². The fourth-order valence-corrected chi connectivity index (χ4v) is 2.23. The number of aromatic nitrogens is 2. The summed E-state index contributed by atoms with van der Waals surface area (Å²) in [5, 5.41) is 11.1. The third kappa shape index (κ3) is 3.26. The van der Waals surface area contributed by atoms with Crippen LogP contribution in [0.3, 0.4) is 0 Å². The molecule has 1 N–H and O–H groups in total. The van der Waals surface area contributed by atoms with Crippen molar-refractivity contribution in [1.82, 2.24) is 20.5 Å². The number of aryl methyl sites for hydroxylation is 1. The molecule has 0 radical (unpaired) electrons. The highest BCUT2D eigenvalue weighted by Gasteiger charge is 2.28. The molecule has 1 aliphatic heterocycles. The van der Waals surface area contributed by atoms with Crippen molar-refractivity contribution in [3.63, 3.8) is 0 Å². The minimum atomic E-state index is 0.414. The van der Waals surface area contributed by atoms with Gasteiger partial charge in [-0.2, -0.15) is 0 Å². The Bertz CT molecular complexity index is 355. The number of piperidine rings is 1. The fraction of sp³-hybridized carbons (Fsp3) is 0.833. The summed E-state index contributed by atoms with van der Waals surface area (Å²) in [7, 11) is 2.19. The minimum Gasteiger partial charge on any atom is -0.310 e. The Hall–Kier alpha value is -0.940. The molecule has 0 aromatic carbocycles. The van der Waals surface area contributed by atoms with Crippen molar-refractivity contribution in [3.8, 4) is 0 Å². The molecular weight excluding hydrogens is 216 g/mol. The zero-order valence-corrected chi connectivity index (χ0v) is 11.0. The minimum absolute atomic E-state index is 0.414. The summed E-state index contributed by atoms with van der Waals surface area (Å²) in [5.41, 5.74) is 2.21.